The highest BCUT2D eigenvalue weighted by molar-refractivity contribution is 6.00. The van der Waals surface area contributed by atoms with Gasteiger partial charge in [-0.1, -0.05) is 29.8 Å². The number of nitrogens with one attached hydrogen (secondary N) is 1. The summed E-state index contributed by atoms with van der Waals surface area (Å²) >= 11 is 0. The number of aryl methyl sites for hydroxylation is 2. The molecule has 0 aromatic heterocycles. The molecule has 116 valence electrons. The zero-order valence-corrected chi connectivity index (χ0v) is 13.5. The van der Waals surface area contributed by atoms with Crippen LogP contribution in [0.25, 0.3) is 0 Å². The summed E-state index contributed by atoms with van der Waals surface area (Å²) < 4.78 is 0. The third-order valence-corrected chi connectivity index (χ3v) is 3.83. The van der Waals surface area contributed by atoms with E-state index in [4.69, 9.17) is 0 Å². The van der Waals surface area contributed by atoms with Gasteiger partial charge in [-0.15, -0.1) is 0 Å². The van der Waals surface area contributed by atoms with Gasteiger partial charge in [-0.25, -0.2) is 0 Å². The Morgan fingerprint density at radius 3 is 2.64 bits per heavy atom. The predicted octanol–water partition coefficient (Wildman–Crippen LogP) is 3.32. The topological polar surface area (TPSA) is 49.4 Å². The Morgan fingerprint density at radius 1 is 1.23 bits per heavy atom. The average molecular weight is 298 g/mol. The summed E-state index contributed by atoms with van der Waals surface area (Å²) in [6.45, 7) is 7.46. The van der Waals surface area contributed by atoms with E-state index in [0.717, 1.165) is 16.8 Å². The maximum Gasteiger partial charge on any atom is 0.250 e. The molecule has 4 heteroatoms. The number of hydrogen-bond donors (Lipinski definition) is 1. The van der Waals surface area contributed by atoms with Crippen molar-refractivity contribution in [1.29, 1.82) is 0 Å². The second-order valence-electron chi connectivity index (χ2n) is 6.07. The molecule has 1 N–H and O–H groups in total. The van der Waals surface area contributed by atoms with Crippen LogP contribution in [-0.4, -0.2) is 22.3 Å². The van der Waals surface area contributed by atoms with Gasteiger partial charge in [0, 0.05) is 18.3 Å². The van der Waals surface area contributed by atoms with Crippen molar-refractivity contribution in [2.45, 2.75) is 39.7 Å². The van der Waals surface area contributed by atoms with Gasteiger partial charge in [0.05, 0.1) is 0 Å². The van der Waals surface area contributed by atoms with E-state index in [2.05, 4.69) is 5.32 Å². The molecule has 4 nitrogen and oxygen atoms in total. The highest BCUT2D eigenvalue weighted by atomic mass is 16.2. The highest BCUT2D eigenvalue weighted by Gasteiger charge is 2.36. The Bertz CT molecular complexity index is 657. The molecule has 1 aromatic carbocycles. The molecule has 0 saturated heterocycles. The van der Waals surface area contributed by atoms with Crippen LogP contribution in [0.15, 0.2) is 42.6 Å². The molecule has 0 radical (unpaired) electrons. The molecular formula is C18H22N2O2. The average Bonchev–Trinajstić information content (AvgIpc) is 2.66. The minimum Gasteiger partial charge on any atom is -0.324 e. The number of carbonyl (C=O) groups excluding carboxylic acids is 2. The van der Waals surface area contributed by atoms with E-state index in [0.29, 0.717) is 6.42 Å². The Morgan fingerprint density at radius 2 is 1.95 bits per heavy atom. The van der Waals surface area contributed by atoms with Crippen LogP contribution in [0.3, 0.4) is 0 Å². The third-order valence-electron chi connectivity index (χ3n) is 3.83. The molecule has 2 rings (SSSR count). The molecule has 0 unspecified atom stereocenters. The van der Waals surface area contributed by atoms with Crippen LogP contribution >= 0.6 is 0 Å². The van der Waals surface area contributed by atoms with E-state index < -0.39 is 5.54 Å². The van der Waals surface area contributed by atoms with Crippen molar-refractivity contribution in [3.63, 3.8) is 0 Å². The van der Waals surface area contributed by atoms with Crippen molar-refractivity contribution in [3.8, 4) is 0 Å². The van der Waals surface area contributed by atoms with Crippen molar-refractivity contribution < 1.29 is 9.59 Å². The number of allylic oxidation sites excluding steroid dienone is 2. The number of anilines is 1. The molecule has 2 amide bonds. The number of hydrogen-bond acceptors (Lipinski definition) is 2. The monoisotopic (exact) mass is 298 g/mol. The lowest BCUT2D eigenvalue weighted by Crippen LogP contribution is -2.52. The van der Waals surface area contributed by atoms with Crippen LogP contribution in [0.2, 0.25) is 0 Å². The number of nitrogens with zero attached hydrogens (tertiary/aromatic N) is 1. The summed E-state index contributed by atoms with van der Waals surface area (Å²) in [5.74, 6) is -0.301. The van der Waals surface area contributed by atoms with Gasteiger partial charge in [0.15, 0.2) is 0 Å². The van der Waals surface area contributed by atoms with Crippen molar-refractivity contribution in [2.75, 3.05) is 5.32 Å². The smallest absolute Gasteiger partial charge is 0.250 e. The van der Waals surface area contributed by atoms with Gasteiger partial charge in [-0.3, -0.25) is 9.59 Å². The molecule has 22 heavy (non-hydrogen) atoms. The summed E-state index contributed by atoms with van der Waals surface area (Å²) in [5, 5.41) is 2.93. The van der Waals surface area contributed by atoms with Crippen LogP contribution in [0.5, 0.6) is 0 Å². The van der Waals surface area contributed by atoms with Gasteiger partial charge >= 0.3 is 0 Å². The molecule has 0 fully saturated rings. The SMILES string of the molecule is Cc1ccc(NC(=O)C(C)(C)N2C=CC=CCC2=O)c(C)c1. The van der Waals surface area contributed by atoms with Gasteiger partial charge in [0.2, 0.25) is 11.8 Å². The summed E-state index contributed by atoms with van der Waals surface area (Å²) in [5.41, 5.74) is 1.96. The number of benzene rings is 1. The van der Waals surface area contributed by atoms with E-state index in [1.165, 1.54) is 4.90 Å². The van der Waals surface area contributed by atoms with Crippen molar-refractivity contribution >= 4 is 17.5 Å². The Labute approximate surface area is 131 Å². The molecule has 0 spiro atoms. The fourth-order valence-corrected chi connectivity index (χ4v) is 2.40. The van der Waals surface area contributed by atoms with Crippen molar-refractivity contribution in [3.05, 3.63) is 53.8 Å². The minimum absolute atomic E-state index is 0.0919. The van der Waals surface area contributed by atoms with Gasteiger partial charge < -0.3 is 10.2 Å². The summed E-state index contributed by atoms with van der Waals surface area (Å²) in [6, 6.07) is 5.86. The van der Waals surface area contributed by atoms with Crippen molar-refractivity contribution in [1.82, 2.24) is 4.90 Å². The predicted molar refractivity (Wildman–Crippen MR) is 88.4 cm³/mol. The Hall–Kier alpha value is -2.36. The summed E-state index contributed by atoms with van der Waals surface area (Å²) in [6.07, 6.45) is 7.34. The summed E-state index contributed by atoms with van der Waals surface area (Å²) in [4.78, 5) is 26.3. The zero-order chi connectivity index (χ0) is 16.3. The molecule has 0 aliphatic carbocycles. The molecule has 0 atom stereocenters. The molecule has 1 aliphatic rings. The van der Waals surface area contributed by atoms with Crippen molar-refractivity contribution in [2.24, 2.45) is 0 Å². The normalized spacial score (nSPS) is 14.9. The number of amides is 2. The summed E-state index contributed by atoms with van der Waals surface area (Å²) in [7, 11) is 0. The van der Waals surface area contributed by atoms with E-state index in [-0.39, 0.29) is 11.8 Å². The minimum atomic E-state index is -0.961. The first-order valence-corrected chi connectivity index (χ1v) is 7.36. The Kier molecular flexibility index (Phi) is 4.50. The zero-order valence-electron chi connectivity index (χ0n) is 13.5. The molecule has 0 bridgehead atoms. The van der Waals surface area contributed by atoms with Gasteiger partial charge in [0.1, 0.15) is 5.54 Å². The standard InChI is InChI=1S/C18H22N2O2/c1-13-9-10-15(14(2)12-13)19-17(22)18(3,4)20-11-7-5-6-8-16(20)21/h5-7,9-12H,8H2,1-4H3,(H,19,22). The maximum atomic E-state index is 12.7. The number of rotatable bonds is 3. The number of carbonyl (C=O) groups is 2. The van der Waals surface area contributed by atoms with Crippen LogP contribution < -0.4 is 5.32 Å². The lowest BCUT2D eigenvalue weighted by atomic mass is 10.0. The fourth-order valence-electron chi connectivity index (χ4n) is 2.40. The maximum absolute atomic E-state index is 12.7. The molecule has 1 aromatic rings. The van der Waals surface area contributed by atoms with E-state index in [9.17, 15) is 9.59 Å². The first kappa shape index (κ1) is 16.0. The first-order chi connectivity index (χ1) is 10.3. The fraction of sp³-hybridized carbons (Fsp3) is 0.333. The second kappa shape index (κ2) is 6.18. The van der Waals surface area contributed by atoms with E-state index in [1.54, 1.807) is 32.2 Å². The van der Waals surface area contributed by atoms with Crippen LogP contribution in [0.4, 0.5) is 5.69 Å². The van der Waals surface area contributed by atoms with Gasteiger partial charge in [0.25, 0.3) is 0 Å². The first-order valence-electron chi connectivity index (χ1n) is 7.36. The molecule has 0 saturated carbocycles. The Balaban J connectivity index is 2.21. The highest BCUT2D eigenvalue weighted by Crippen LogP contribution is 2.23. The van der Waals surface area contributed by atoms with Crippen LogP contribution in [-0.2, 0) is 9.59 Å². The lowest BCUT2D eigenvalue weighted by molar-refractivity contribution is -0.139. The quantitative estimate of drug-likeness (QED) is 0.930. The van der Waals surface area contributed by atoms with E-state index in [1.807, 2.05) is 38.1 Å². The lowest BCUT2D eigenvalue weighted by Gasteiger charge is -2.34. The third kappa shape index (κ3) is 3.27. The largest absolute Gasteiger partial charge is 0.324 e. The van der Waals surface area contributed by atoms with Gasteiger partial charge in [-0.2, -0.15) is 0 Å². The molecular weight excluding hydrogens is 276 g/mol. The molecule has 1 aliphatic heterocycles. The van der Waals surface area contributed by atoms with E-state index >= 15 is 0 Å². The van der Waals surface area contributed by atoms with Gasteiger partial charge in [-0.05, 0) is 45.4 Å². The van der Waals surface area contributed by atoms with Crippen LogP contribution in [0, 0.1) is 13.8 Å². The molecule has 1 heterocycles. The second-order valence-corrected chi connectivity index (χ2v) is 6.07. The van der Waals surface area contributed by atoms with Crippen LogP contribution in [0.1, 0.15) is 31.4 Å².